The lowest BCUT2D eigenvalue weighted by Gasteiger charge is -2.33. The van der Waals surface area contributed by atoms with Crippen LogP contribution in [0.5, 0.6) is 0 Å². The van der Waals surface area contributed by atoms with Gasteiger partial charge in [-0.15, -0.1) is 0 Å². The average Bonchev–Trinajstić information content (AvgIpc) is 1.75. The monoisotopic (exact) mass is 283 g/mol. The molecule has 0 bridgehead atoms. The smallest absolute Gasteiger partial charge is 0.362 e. The largest absolute Gasteiger partial charge is 0.416 e. The predicted molar refractivity (Wildman–Crippen MR) is 51.6 cm³/mol. The summed E-state index contributed by atoms with van der Waals surface area (Å²) < 4.78 is 20.9. The lowest BCUT2D eigenvalue weighted by atomic mass is 10.3. The Morgan fingerprint density at radius 1 is 1.20 bits per heavy atom. The number of alkyl halides is 1. The molecule has 8 nitrogen and oxygen atoms in total. The third-order valence-electron chi connectivity index (χ3n) is 1.37. The van der Waals surface area contributed by atoms with Crippen LogP contribution in [0.2, 0.25) is 0 Å². The summed E-state index contributed by atoms with van der Waals surface area (Å²) in [6.07, 6.45) is -0.235. The molecule has 0 aromatic rings. The summed E-state index contributed by atoms with van der Waals surface area (Å²) >= 11 is 5.27. The lowest BCUT2D eigenvalue weighted by molar-refractivity contribution is 0.0251. The Hall–Kier alpha value is 0.510. The molecule has 0 saturated carbocycles. The molecule has 0 rings (SSSR count). The molecule has 1 atom stereocenters. The molecule has 0 spiro atoms. The van der Waals surface area contributed by atoms with Crippen molar-refractivity contribution in [1.82, 2.24) is 4.44 Å². The molecule has 0 aromatic carbocycles. The van der Waals surface area contributed by atoms with Crippen LogP contribution in [-0.4, -0.2) is 34.3 Å². The Labute approximate surface area is 90.9 Å². The van der Waals surface area contributed by atoms with Gasteiger partial charge in [0, 0.05) is 6.42 Å². The van der Waals surface area contributed by atoms with Crippen molar-refractivity contribution < 1.29 is 33.8 Å². The van der Waals surface area contributed by atoms with Crippen LogP contribution >= 0.6 is 27.1 Å². The van der Waals surface area contributed by atoms with E-state index in [0.29, 0.717) is 0 Å². The Balaban J connectivity index is 5.33. The predicted octanol–water partition coefficient (Wildman–Crippen LogP) is 0.159. The number of rotatable bonds is 5. The van der Waals surface area contributed by atoms with Crippen molar-refractivity contribution in [3.63, 3.8) is 0 Å². The molecule has 0 fully saturated rings. The Morgan fingerprint density at radius 3 is 1.73 bits per heavy atom. The SMILES string of the molecule is CCCC(O)(Cl)N(P(=O)(O)O)P(=O)(O)O. The minimum atomic E-state index is -5.36. The first-order valence-electron chi connectivity index (χ1n) is 3.76. The standard InChI is InChI=1S/C4H12ClNO7P2/c1-2-3-4(5,7)6(14(8,9)10)15(11,12)13/h7H,2-3H2,1H3,(H2,8,9,10)(H2,11,12,13). The molecular formula is C4H12ClNO7P2. The maximum Gasteiger partial charge on any atom is 0.416 e. The van der Waals surface area contributed by atoms with E-state index in [1.807, 2.05) is 0 Å². The van der Waals surface area contributed by atoms with Gasteiger partial charge in [0.1, 0.15) is 0 Å². The summed E-state index contributed by atoms with van der Waals surface area (Å²) in [5, 5.41) is 6.57. The molecule has 15 heavy (non-hydrogen) atoms. The van der Waals surface area contributed by atoms with E-state index in [4.69, 9.17) is 31.2 Å². The van der Waals surface area contributed by atoms with Crippen molar-refractivity contribution in [3.8, 4) is 0 Å². The van der Waals surface area contributed by atoms with E-state index in [9.17, 15) is 14.2 Å². The molecule has 11 heteroatoms. The molecule has 1 unspecified atom stereocenters. The summed E-state index contributed by atoms with van der Waals surface area (Å²) in [5.41, 5.74) is 0. The second-order valence-corrected chi connectivity index (χ2v) is 6.56. The van der Waals surface area contributed by atoms with Crippen LogP contribution in [0.25, 0.3) is 0 Å². The molecule has 0 heterocycles. The summed E-state index contributed by atoms with van der Waals surface area (Å²) in [6, 6.07) is 0. The Kier molecular flexibility index (Phi) is 4.95. The summed E-state index contributed by atoms with van der Waals surface area (Å²) in [4.78, 5) is 34.7. The maximum atomic E-state index is 10.8. The highest BCUT2D eigenvalue weighted by atomic mass is 35.5. The van der Waals surface area contributed by atoms with Gasteiger partial charge in [-0.1, -0.05) is 29.4 Å². The van der Waals surface area contributed by atoms with Gasteiger partial charge in [-0.3, -0.25) is 0 Å². The first kappa shape index (κ1) is 15.5. The van der Waals surface area contributed by atoms with E-state index in [1.54, 1.807) is 0 Å². The van der Waals surface area contributed by atoms with Crippen LogP contribution in [0.15, 0.2) is 0 Å². The van der Waals surface area contributed by atoms with Crippen LogP contribution in [0, 0.1) is 0 Å². The van der Waals surface area contributed by atoms with Crippen LogP contribution < -0.4 is 0 Å². The van der Waals surface area contributed by atoms with Gasteiger partial charge in [0.15, 0.2) is 0 Å². The van der Waals surface area contributed by atoms with Gasteiger partial charge in [0.2, 0.25) is 5.18 Å². The first-order chi connectivity index (χ1) is 6.43. The molecular weight excluding hydrogens is 271 g/mol. The van der Waals surface area contributed by atoms with Crippen LogP contribution in [-0.2, 0) is 9.13 Å². The normalized spacial score (nSPS) is 17.9. The molecule has 0 aromatic heterocycles. The number of halogens is 1. The molecule has 0 saturated heterocycles. The zero-order valence-electron chi connectivity index (χ0n) is 7.69. The van der Waals surface area contributed by atoms with Gasteiger partial charge in [0.25, 0.3) is 0 Å². The van der Waals surface area contributed by atoms with Crippen molar-refractivity contribution in [2.75, 3.05) is 0 Å². The molecule has 0 amide bonds. The lowest BCUT2D eigenvalue weighted by Crippen LogP contribution is -2.39. The van der Waals surface area contributed by atoms with E-state index in [2.05, 4.69) is 0 Å². The first-order valence-corrected chi connectivity index (χ1v) is 7.27. The second-order valence-electron chi connectivity index (χ2n) is 2.78. The maximum absolute atomic E-state index is 10.8. The van der Waals surface area contributed by atoms with Gasteiger partial charge in [-0.2, -0.15) is 0 Å². The zero-order chi connectivity index (χ0) is 12.5. The molecule has 0 aliphatic carbocycles. The highest BCUT2D eigenvalue weighted by Crippen LogP contribution is 2.63. The molecule has 5 N–H and O–H groups in total. The fourth-order valence-electron chi connectivity index (χ4n) is 0.969. The minimum Gasteiger partial charge on any atom is -0.362 e. The Morgan fingerprint density at radius 2 is 1.53 bits per heavy atom. The highest BCUT2D eigenvalue weighted by molar-refractivity contribution is 7.65. The van der Waals surface area contributed by atoms with Gasteiger partial charge >= 0.3 is 15.5 Å². The molecule has 92 valence electrons. The van der Waals surface area contributed by atoms with Gasteiger partial charge in [-0.25, -0.2) is 9.13 Å². The zero-order valence-corrected chi connectivity index (χ0v) is 10.2. The van der Waals surface area contributed by atoms with E-state index >= 15 is 0 Å². The fourth-order valence-corrected chi connectivity index (χ4v) is 3.96. The average molecular weight is 284 g/mol. The van der Waals surface area contributed by atoms with Crippen LogP contribution in [0.4, 0.5) is 0 Å². The van der Waals surface area contributed by atoms with Crippen LogP contribution in [0.3, 0.4) is 0 Å². The van der Waals surface area contributed by atoms with Crippen molar-refractivity contribution in [1.29, 1.82) is 0 Å². The van der Waals surface area contributed by atoms with Gasteiger partial charge in [0.05, 0.1) is 0 Å². The van der Waals surface area contributed by atoms with E-state index < -0.39 is 31.5 Å². The van der Waals surface area contributed by atoms with Crippen molar-refractivity contribution in [3.05, 3.63) is 0 Å². The number of aliphatic hydroxyl groups is 1. The van der Waals surface area contributed by atoms with E-state index in [-0.39, 0.29) is 6.42 Å². The fraction of sp³-hybridized carbons (Fsp3) is 1.00. The number of hydrogen-bond acceptors (Lipinski definition) is 3. The molecule has 0 radical (unpaired) electrons. The highest BCUT2D eigenvalue weighted by Gasteiger charge is 2.52. The third kappa shape index (κ3) is 4.48. The molecule has 0 aliphatic rings. The summed E-state index contributed by atoms with van der Waals surface area (Å²) in [5.74, 6) is 0. The Bertz CT molecular complexity index is 286. The van der Waals surface area contributed by atoms with Gasteiger partial charge < -0.3 is 24.7 Å². The topological polar surface area (TPSA) is 139 Å². The van der Waals surface area contributed by atoms with E-state index in [0.717, 1.165) is 0 Å². The summed E-state index contributed by atoms with van der Waals surface area (Å²) in [6.45, 7) is 1.52. The number of hydrogen-bond donors (Lipinski definition) is 5. The third-order valence-corrected chi connectivity index (χ3v) is 5.01. The van der Waals surface area contributed by atoms with Crippen molar-refractivity contribution in [2.45, 2.75) is 24.9 Å². The van der Waals surface area contributed by atoms with Crippen LogP contribution in [0.1, 0.15) is 19.8 Å². The second kappa shape index (κ2) is 4.79. The van der Waals surface area contributed by atoms with Crippen molar-refractivity contribution >= 4 is 27.1 Å². The van der Waals surface area contributed by atoms with Crippen molar-refractivity contribution in [2.24, 2.45) is 0 Å². The summed E-state index contributed by atoms with van der Waals surface area (Å²) in [7, 11) is -10.7. The van der Waals surface area contributed by atoms with Gasteiger partial charge in [-0.05, 0) is 0 Å². The van der Waals surface area contributed by atoms with E-state index in [1.165, 1.54) is 6.92 Å². The number of nitrogens with zero attached hydrogens (tertiary/aromatic N) is 1. The minimum absolute atomic E-state index is 0.177. The molecule has 0 aliphatic heterocycles. The quantitative estimate of drug-likeness (QED) is 0.208.